The van der Waals surface area contributed by atoms with Gasteiger partial charge in [0.25, 0.3) is 5.91 Å². The molecule has 0 spiro atoms. The second kappa shape index (κ2) is 13.8. The number of aliphatic hydroxyl groups excluding tert-OH is 1. The Kier molecular flexibility index (Phi) is 12.2. The molecule has 1 aromatic carbocycles. The number of carbonyl (C=O) groups excluding carboxylic acids is 1. The van der Waals surface area contributed by atoms with E-state index in [-0.39, 0.29) is 41.9 Å². The first-order chi connectivity index (χ1) is 14.0. The highest BCUT2D eigenvalue weighted by atomic mass is 127. The van der Waals surface area contributed by atoms with Crippen molar-refractivity contribution in [1.29, 1.82) is 0 Å². The van der Waals surface area contributed by atoms with Crippen LogP contribution in [-0.2, 0) is 11.3 Å². The molecule has 30 heavy (non-hydrogen) atoms. The van der Waals surface area contributed by atoms with Gasteiger partial charge < -0.3 is 30.7 Å². The average molecular weight is 533 g/mol. The van der Waals surface area contributed by atoms with E-state index in [9.17, 15) is 9.90 Å². The molecule has 0 aromatic heterocycles. The number of rotatable bonds is 10. The fourth-order valence-corrected chi connectivity index (χ4v) is 3.31. The molecule has 0 radical (unpaired) electrons. The van der Waals surface area contributed by atoms with Crippen LogP contribution in [0.25, 0.3) is 0 Å². The third kappa shape index (κ3) is 8.75. The number of carbonyl (C=O) groups is 1. The van der Waals surface area contributed by atoms with E-state index in [0.717, 1.165) is 25.1 Å². The summed E-state index contributed by atoms with van der Waals surface area (Å²) >= 11 is 0. The molecule has 4 N–H and O–H groups in total. The summed E-state index contributed by atoms with van der Waals surface area (Å²) in [5.41, 5.74) is 1.61. The second-order valence-corrected chi connectivity index (χ2v) is 7.82. The van der Waals surface area contributed by atoms with E-state index in [1.165, 1.54) is 0 Å². The molecule has 8 nitrogen and oxygen atoms in total. The smallest absolute Gasteiger partial charge is 0.251 e. The Bertz CT molecular complexity index is 678. The summed E-state index contributed by atoms with van der Waals surface area (Å²) in [7, 11) is 5.68. The Labute approximate surface area is 196 Å². The fraction of sp³-hybridized carbons (Fsp3) is 0.619. The van der Waals surface area contributed by atoms with Gasteiger partial charge in [0.05, 0.1) is 6.61 Å². The predicted octanol–water partition coefficient (Wildman–Crippen LogP) is 1.05. The third-order valence-corrected chi connectivity index (χ3v) is 5.18. The molecule has 1 aliphatic rings. The lowest BCUT2D eigenvalue weighted by Crippen LogP contribution is -2.44. The topological polar surface area (TPSA) is 98.2 Å². The maximum atomic E-state index is 12.3. The lowest BCUT2D eigenvalue weighted by atomic mass is 9.84. The number of hydrogen-bond acceptors (Lipinski definition) is 5. The Hall–Kier alpha value is -1.43. The van der Waals surface area contributed by atoms with Gasteiger partial charge in [0.15, 0.2) is 5.96 Å². The number of likely N-dealkylation sites (N-methyl/N-ethyl adjacent to an activating group) is 1. The summed E-state index contributed by atoms with van der Waals surface area (Å²) in [6, 6.07) is 7.58. The number of amides is 1. The Balaban J connectivity index is 0.00000450. The van der Waals surface area contributed by atoms with Crippen LogP contribution in [0, 0.1) is 5.41 Å². The summed E-state index contributed by atoms with van der Waals surface area (Å²) in [4.78, 5) is 18.6. The van der Waals surface area contributed by atoms with E-state index in [4.69, 9.17) is 4.74 Å². The van der Waals surface area contributed by atoms with Crippen LogP contribution in [0.4, 0.5) is 0 Å². The highest BCUT2D eigenvalue weighted by Crippen LogP contribution is 2.31. The molecule has 0 aliphatic carbocycles. The van der Waals surface area contributed by atoms with Crippen molar-refractivity contribution in [2.45, 2.75) is 19.4 Å². The van der Waals surface area contributed by atoms with Gasteiger partial charge >= 0.3 is 0 Å². The van der Waals surface area contributed by atoms with Crippen LogP contribution in [-0.4, -0.2) is 82.5 Å². The molecule has 1 atom stereocenters. The van der Waals surface area contributed by atoms with E-state index in [0.29, 0.717) is 44.2 Å². The van der Waals surface area contributed by atoms with E-state index in [1.54, 1.807) is 7.05 Å². The van der Waals surface area contributed by atoms with Crippen LogP contribution in [0.3, 0.4) is 0 Å². The molecule has 0 saturated carbocycles. The summed E-state index contributed by atoms with van der Waals surface area (Å²) in [5, 5.41) is 18.9. The van der Waals surface area contributed by atoms with E-state index >= 15 is 0 Å². The minimum absolute atomic E-state index is 0. The van der Waals surface area contributed by atoms with Crippen LogP contribution in [0.5, 0.6) is 0 Å². The van der Waals surface area contributed by atoms with Crippen LogP contribution in [0.1, 0.15) is 28.8 Å². The molecule has 1 fully saturated rings. The molecule has 170 valence electrons. The second-order valence-electron chi connectivity index (χ2n) is 7.82. The van der Waals surface area contributed by atoms with Gasteiger partial charge in [0.2, 0.25) is 0 Å². The van der Waals surface area contributed by atoms with Gasteiger partial charge in [0, 0.05) is 57.4 Å². The maximum absolute atomic E-state index is 12.3. The normalized spacial score (nSPS) is 18.8. The third-order valence-electron chi connectivity index (χ3n) is 5.18. The molecule has 1 aliphatic heterocycles. The van der Waals surface area contributed by atoms with E-state index in [2.05, 4.69) is 20.9 Å². The van der Waals surface area contributed by atoms with Crippen molar-refractivity contribution in [1.82, 2.24) is 20.9 Å². The Morgan fingerprint density at radius 1 is 1.30 bits per heavy atom. The predicted molar refractivity (Wildman–Crippen MR) is 131 cm³/mol. The van der Waals surface area contributed by atoms with Crippen molar-refractivity contribution >= 4 is 35.8 Å². The van der Waals surface area contributed by atoms with Gasteiger partial charge in [0.1, 0.15) is 0 Å². The largest absolute Gasteiger partial charge is 0.396 e. The minimum atomic E-state index is -0.0663. The zero-order valence-electron chi connectivity index (χ0n) is 18.2. The van der Waals surface area contributed by atoms with E-state index < -0.39 is 0 Å². The summed E-state index contributed by atoms with van der Waals surface area (Å²) < 4.78 is 5.53. The van der Waals surface area contributed by atoms with Crippen molar-refractivity contribution in [3.05, 3.63) is 35.4 Å². The van der Waals surface area contributed by atoms with Crippen molar-refractivity contribution in [2.24, 2.45) is 10.4 Å². The standard InChI is InChI=1S/C21H35N5O3.HI/c1-22-20(25-15-21(7-11-27)8-12-29-16-21)24-14-17-5-4-6-18(13-17)19(28)23-9-10-26(2)3;/h4-6,13,27H,7-12,14-16H2,1-3H3,(H,23,28)(H2,22,24,25);1H. The molecule has 1 unspecified atom stereocenters. The number of hydrogen-bond donors (Lipinski definition) is 4. The summed E-state index contributed by atoms with van der Waals surface area (Å²) in [6.07, 6.45) is 1.64. The number of nitrogens with one attached hydrogen (secondary N) is 3. The number of aliphatic hydroxyl groups is 1. The number of guanidine groups is 1. The molecule has 0 bridgehead atoms. The number of aliphatic imine (C=N–C) groups is 1. The van der Waals surface area contributed by atoms with Crippen molar-refractivity contribution in [3.8, 4) is 0 Å². The lowest BCUT2D eigenvalue weighted by molar-refractivity contribution is 0.0951. The number of halogens is 1. The monoisotopic (exact) mass is 533 g/mol. The number of benzene rings is 1. The molecule has 1 amide bonds. The molecular weight excluding hydrogens is 497 g/mol. The highest BCUT2D eigenvalue weighted by molar-refractivity contribution is 14.0. The summed E-state index contributed by atoms with van der Waals surface area (Å²) in [6.45, 7) is 4.21. The lowest BCUT2D eigenvalue weighted by Gasteiger charge is -2.27. The van der Waals surface area contributed by atoms with Crippen molar-refractivity contribution in [3.63, 3.8) is 0 Å². The minimum Gasteiger partial charge on any atom is -0.396 e. The first-order valence-electron chi connectivity index (χ1n) is 10.1. The summed E-state index contributed by atoms with van der Waals surface area (Å²) in [5.74, 6) is 0.624. The molecule has 1 heterocycles. The SMILES string of the molecule is CN=C(NCc1cccc(C(=O)NCCN(C)C)c1)NCC1(CCO)CCOC1.I. The van der Waals surface area contributed by atoms with Gasteiger partial charge in [-0.1, -0.05) is 12.1 Å². The van der Waals surface area contributed by atoms with Gasteiger partial charge in [-0.25, -0.2) is 0 Å². The Morgan fingerprint density at radius 2 is 2.10 bits per heavy atom. The molecule has 1 saturated heterocycles. The van der Waals surface area contributed by atoms with Crippen LogP contribution < -0.4 is 16.0 Å². The zero-order valence-corrected chi connectivity index (χ0v) is 20.6. The number of nitrogens with zero attached hydrogens (tertiary/aromatic N) is 2. The highest BCUT2D eigenvalue weighted by Gasteiger charge is 2.34. The van der Waals surface area contributed by atoms with Gasteiger partial charge in [-0.3, -0.25) is 9.79 Å². The van der Waals surface area contributed by atoms with Crippen molar-refractivity contribution < 1.29 is 14.6 Å². The first kappa shape index (κ1) is 26.6. The van der Waals surface area contributed by atoms with Crippen LogP contribution in [0.2, 0.25) is 0 Å². The maximum Gasteiger partial charge on any atom is 0.251 e. The quantitative estimate of drug-likeness (QED) is 0.204. The van der Waals surface area contributed by atoms with E-state index in [1.807, 2.05) is 43.3 Å². The average Bonchev–Trinajstić information content (AvgIpc) is 3.17. The van der Waals surface area contributed by atoms with Crippen LogP contribution in [0.15, 0.2) is 29.3 Å². The molecule has 2 rings (SSSR count). The first-order valence-corrected chi connectivity index (χ1v) is 10.1. The zero-order chi connectivity index (χ0) is 21.1. The molecule has 1 aromatic rings. The fourth-order valence-electron chi connectivity index (χ4n) is 3.31. The van der Waals surface area contributed by atoms with Gasteiger partial charge in [-0.15, -0.1) is 24.0 Å². The molecular formula is C21H36IN5O3. The Morgan fingerprint density at radius 3 is 2.73 bits per heavy atom. The van der Waals surface area contributed by atoms with Gasteiger partial charge in [-0.05, 0) is 44.6 Å². The van der Waals surface area contributed by atoms with Crippen molar-refractivity contribution in [2.75, 3.05) is 60.6 Å². The number of ether oxygens (including phenoxy) is 1. The molecule has 9 heteroatoms. The van der Waals surface area contributed by atoms with Gasteiger partial charge in [-0.2, -0.15) is 0 Å². The van der Waals surface area contributed by atoms with Crippen LogP contribution >= 0.6 is 24.0 Å².